The zero-order valence-electron chi connectivity index (χ0n) is 12.6. The van der Waals surface area contributed by atoms with Gasteiger partial charge in [-0.05, 0) is 37.5 Å². The molecule has 112 valence electrons. The lowest BCUT2D eigenvalue weighted by atomic mass is 10.2. The summed E-state index contributed by atoms with van der Waals surface area (Å²) in [6.45, 7) is 5.25. The van der Waals surface area contributed by atoms with Gasteiger partial charge in [0.1, 0.15) is 18.1 Å². The van der Waals surface area contributed by atoms with Gasteiger partial charge in [-0.25, -0.2) is 4.68 Å². The van der Waals surface area contributed by atoms with Crippen LogP contribution < -0.4 is 4.74 Å². The normalized spacial score (nSPS) is 10.6. The number of carbonyl (C=O) groups excluding carboxylic acids is 1. The van der Waals surface area contributed by atoms with Crippen molar-refractivity contribution >= 4 is 6.29 Å². The molecule has 0 atom stereocenters. The molecule has 0 radical (unpaired) electrons. The average Bonchev–Trinajstić information content (AvgIpc) is 2.87. The van der Waals surface area contributed by atoms with E-state index in [4.69, 9.17) is 4.74 Å². The van der Waals surface area contributed by atoms with Crippen LogP contribution in [0.2, 0.25) is 0 Å². The minimum absolute atomic E-state index is 0.444. The molecule has 1 aromatic carbocycles. The van der Waals surface area contributed by atoms with Crippen LogP contribution in [0.25, 0.3) is 0 Å². The minimum atomic E-state index is 0.444. The highest BCUT2D eigenvalue weighted by Crippen LogP contribution is 2.13. The summed E-state index contributed by atoms with van der Waals surface area (Å²) in [7, 11) is 0. The number of ether oxygens (including phenoxy) is 1. The summed E-state index contributed by atoms with van der Waals surface area (Å²) in [5.74, 6) is 0.848. The molecule has 2 aromatic rings. The van der Waals surface area contributed by atoms with Crippen LogP contribution in [0.15, 0.2) is 24.3 Å². The molecule has 0 aliphatic carbocycles. The first-order chi connectivity index (χ1) is 10.2. The number of hydrogen-bond donors (Lipinski definition) is 0. The summed E-state index contributed by atoms with van der Waals surface area (Å²) in [5, 5.41) is 7.96. The van der Waals surface area contributed by atoms with Crippen molar-refractivity contribution in [3.8, 4) is 5.75 Å². The van der Waals surface area contributed by atoms with Crippen molar-refractivity contribution in [1.29, 1.82) is 0 Å². The quantitative estimate of drug-likeness (QED) is 0.701. The first-order valence-electron chi connectivity index (χ1n) is 7.31. The van der Waals surface area contributed by atoms with Crippen LogP contribution in [0.3, 0.4) is 0 Å². The highest BCUT2D eigenvalue weighted by atomic mass is 16.5. The van der Waals surface area contributed by atoms with Crippen molar-refractivity contribution in [2.24, 2.45) is 0 Å². The number of benzene rings is 1. The molecule has 0 spiro atoms. The van der Waals surface area contributed by atoms with E-state index in [9.17, 15) is 4.79 Å². The molecule has 2 rings (SSSR count). The number of unbranched alkanes of at least 4 members (excludes halogenated alkanes) is 1. The Kier molecular flexibility index (Phi) is 5.49. The van der Waals surface area contributed by atoms with E-state index in [1.54, 1.807) is 4.68 Å². The maximum atomic E-state index is 11.0. The number of rotatable bonds is 8. The van der Waals surface area contributed by atoms with Crippen LogP contribution >= 0.6 is 0 Å². The largest absolute Gasteiger partial charge is 0.492 e. The van der Waals surface area contributed by atoms with Gasteiger partial charge in [0, 0.05) is 0 Å². The molecule has 1 heterocycles. The number of carbonyl (C=O) groups is 1. The summed E-state index contributed by atoms with van der Waals surface area (Å²) >= 11 is 0. The number of aromatic nitrogens is 3. The van der Waals surface area contributed by atoms with Crippen LogP contribution in [0, 0.1) is 6.92 Å². The molecular formula is C16H21N3O2. The zero-order valence-corrected chi connectivity index (χ0v) is 12.6. The fraction of sp³-hybridized carbons (Fsp3) is 0.438. The molecule has 21 heavy (non-hydrogen) atoms. The van der Waals surface area contributed by atoms with Crippen LogP contribution in [0.4, 0.5) is 0 Å². The molecule has 0 saturated carbocycles. The monoisotopic (exact) mass is 287 g/mol. The van der Waals surface area contributed by atoms with Gasteiger partial charge in [0.25, 0.3) is 0 Å². The van der Waals surface area contributed by atoms with E-state index in [-0.39, 0.29) is 0 Å². The van der Waals surface area contributed by atoms with E-state index < -0.39 is 0 Å². The lowest BCUT2D eigenvalue weighted by molar-refractivity contribution is 0.111. The molecule has 0 bridgehead atoms. The van der Waals surface area contributed by atoms with E-state index >= 15 is 0 Å². The Morgan fingerprint density at radius 1 is 1.38 bits per heavy atom. The van der Waals surface area contributed by atoms with Gasteiger partial charge in [-0.15, -0.1) is 5.10 Å². The molecule has 0 aliphatic rings. The Morgan fingerprint density at radius 2 is 2.24 bits per heavy atom. The fourth-order valence-electron chi connectivity index (χ4n) is 2.17. The number of aldehydes is 1. The second-order valence-electron chi connectivity index (χ2n) is 5.03. The third kappa shape index (κ3) is 4.15. The van der Waals surface area contributed by atoms with Crippen molar-refractivity contribution in [2.75, 3.05) is 6.61 Å². The summed E-state index contributed by atoms with van der Waals surface area (Å²) in [4.78, 5) is 11.0. The highest BCUT2D eigenvalue weighted by molar-refractivity contribution is 5.73. The Balaban J connectivity index is 1.96. The predicted molar refractivity (Wildman–Crippen MR) is 80.7 cm³/mol. The molecular weight excluding hydrogens is 266 g/mol. The molecule has 1 aromatic heterocycles. The van der Waals surface area contributed by atoms with Crippen LogP contribution in [0.5, 0.6) is 5.75 Å². The van der Waals surface area contributed by atoms with E-state index in [1.165, 1.54) is 5.56 Å². The zero-order chi connectivity index (χ0) is 15.1. The Labute approximate surface area is 124 Å². The molecule has 0 amide bonds. The van der Waals surface area contributed by atoms with Crippen LogP contribution in [-0.4, -0.2) is 27.9 Å². The molecule has 0 unspecified atom stereocenters. The first-order valence-corrected chi connectivity index (χ1v) is 7.31. The maximum Gasteiger partial charge on any atom is 0.172 e. The summed E-state index contributed by atoms with van der Waals surface area (Å²) in [6, 6.07) is 7.93. The molecule has 0 fully saturated rings. The van der Waals surface area contributed by atoms with E-state index in [1.807, 2.05) is 31.2 Å². The molecule has 5 nitrogen and oxygen atoms in total. The van der Waals surface area contributed by atoms with Gasteiger partial charge in [0.2, 0.25) is 0 Å². The van der Waals surface area contributed by atoms with Crippen molar-refractivity contribution in [3.05, 3.63) is 41.2 Å². The van der Waals surface area contributed by atoms with Gasteiger partial charge in [-0.1, -0.05) is 30.7 Å². The van der Waals surface area contributed by atoms with Gasteiger partial charge in [-0.2, -0.15) is 0 Å². The molecule has 0 saturated heterocycles. The van der Waals surface area contributed by atoms with E-state index in [2.05, 4.69) is 17.2 Å². The van der Waals surface area contributed by atoms with Gasteiger partial charge in [-0.3, -0.25) is 4.79 Å². The van der Waals surface area contributed by atoms with Crippen molar-refractivity contribution in [3.63, 3.8) is 0 Å². The Hall–Kier alpha value is -2.17. The Bertz CT molecular complexity index is 593. The van der Waals surface area contributed by atoms with Gasteiger partial charge in [0.05, 0.1) is 12.2 Å². The van der Waals surface area contributed by atoms with Gasteiger partial charge >= 0.3 is 0 Å². The maximum absolute atomic E-state index is 11.0. The SMILES string of the molecule is CCCCc1c(C=O)nnn1CCOc1cccc(C)c1. The smallest absolute Gasteiger partial charge is 0.172 e. The topological polar surface area (TPSA) is 57.0 Å². The van der Waals surface area contributed by atoms with Crippen molar-refractivity contribution in [2.45, 2.75) is 39.7 Å². The second kappa shape index (κ2) is 7.57. The average molecular weight is 287 g/mol. The minimum Gasteiger partial charge on any atom is -0.492 e. The molecule has 5 heteroatoms. The van der Waals surface area contributed by atoms with Crippen LogP contribution in [0.1, 0.15) is 41.5 Å². The van der Waals surface area contributed by atoms with E-state index in [0.717, 1.165) is 37.0 Å². The standard InChI is InChI=1S/C16H21N3O2/c1-3-4-8-16-15(12-20)17-18-19(16)9-10-21-14-7-5-6-13(2)11-14/h5-7,11-12H,3-4,8-10H2,1-2H3. The second-order valence-corrected chi connectivity index (χ2v) is 5.03. The summed E-state index contributed by atoms with van der Waals surface area (Å²) < 4.78 is 7.49. The van der Waals surface area contributed by atoms with Crippen LogP contribution in [-0.2, 0) is 13.0 Å². The third-order valence-corrected chi connectivity index (χ3v) is 3.31. The van der Waals surface area contributed by atoms with Gasteiger partial charge < -0.3 is 4.74 Å². The fourth-order valence-corrected chi connectivity index (χ4v) is 2.17. The van der Waals surface area contributed by atoms with Crippen molar-refractivity contribution < 1.29 is 9.53 Å². The van der Waals surface area contributed by atoms with Gasteiger partial charge in [0.15, 0.2) is 6.29 Å². The number of hydrogen-bond acceptors (Lipinski definition) is 4. The summed E-state index contributed by atoms with van der Waals surface area (Å²) in [5.41, 5.74) is 2.51. The highest BCUT2D eigenvalue weighted by Gasteiger charge is 2.11. The lowest BCUT2D eigenvalue weighted by Gasteiger charge is -2.09. The molecule has 0 N–H and O–H groups in total. The first kappa shape index (κ1) is 15.2. The number of aryl methyl sites for hydroxylation is 1. The Morgan fingerprint density at radius 3 is 2.95 bits per heavy atom. The predicted octanol–water partition coefficient (Wildman–Crippen LogP) is 2.82. The number of nitrogens with zero attached hydrogens (tertiary/aromatic N) is 3. The lowest BCUT2D eigenvalue weighted by Crippen LogP contribution is -2.13. The third-order valence-electron chi connectivity index (χ3n) is 3.31. The van der Waals surface area contributed by atoms with Crippen molar-refractivity contribution in [1.82, 2.24) is 15.0 Å². The van der Waals surface area contributed by atoms with E-state index in [0.29, 0.717) is 18.8 Å². The molecule has 0 aliphatic heterocycles. The summed E-state index contributed by atoms with van der Waals surface area (Å²) in [6.07, 6.45) is 3.69.